The van der Waals surface area contributed by atoms with Crippen molar-refractivity contribution in [2.45, 2.75) is 27.4 Å². The molecule has 2 nitrogen and oxygen atoms in total. The molecule has 1 aromatic rings. The summed E-state index contributed by atoms with van der Waals surface area (Å²) >= 11 is 3.47. The summed E-state index contributed by atoms with van der Waals surface area (Å²) in [5.41, 5.74) is 2.36. The highest BCUT2D eigenvalue weighted by molar-refractivity contribution is 9.10. The Bertz CT molecular complexity index is 357. The predicted molar refractivity (Wildman–Crippen MR) is 72.8 cm³/mol. The standard InChI is InChI=1S/C13H20BrNO/c1-13(2,3)9-15(4)11-6-5-10(8-16)12(14)7-11/h5-7,16H,8-9H2,1-4H3. The monoisotopic (exact) mass is 285 g/mol. The van der Waals surface area contributed by atoms with Crippen LogP contribution < -0.4 is 4.90 Å². The van der Waals surface area contributed by atoms with Crippen LogP contribution in [-0.4, -0.2) is 18.7 Å². The summed E-state index contributed by atoms with van der Waals surface area (Å²) in [5.74, 6) is 0. The number of hydrogen-bond donors (Lipinski definition) is 1. The highest BCUT2D eigenvalue weighted by Crippen LogP contribution is 2.25. The molecule has 1 N–H and O–H groups in total. The average Bonchev–Trinajstić information content (AvgIpc) is 2.15. The predicted octanol–water partition coefficient (Wildman–Crippen LogP) is 3.42. The molecular formula is C13H20BrNO. The second-order valence-corrected chi connectivity index (χ2v) is 6.20. The topological polar surface area (TPSA) is 23.5 Å². The van der Waals surface area contributed by atoms with Crippen LogP contribution in [0.3, 0.4) is 0 Å². The quantitative estimate of drug-likeness (QED) is 0.920. The van der Waals surface area contributed by atoms with E-state index < -0.39 is 0 Å². The molecule has 0 aliphatic carbocycles. The van der Waals surface area contributed by atoms with Crippen LogP contribution in [0.25, 0.3) is 0 Å². The van der Waals surface area contributed by atoms with Crippen LogP contribution in [0.15, 0.2) is 22.7 Å². The summed E-state index contributed by atoms with van der Waals surface area (Å²) in [6.45, 7) is 7.74. The molecule has 0 fully saturated rings. The van der Waals surface area contributed by atoms with Crippen molar-refractivity contribution in [2.24, 2.45) is 5.41 Å². The lowest BCUT2D eigenvalue weighted by Gasteiger charge is -2.28. The lowest BCUT2D eigenvalue weighted by atomic mass is 9.96. The number of benzene rings is 1. The lowest BCUT2D eigenvalue weighted by Crippen LogP contribution is -2.29. The van der Waals surface area contributed by atoms with Crippen LogP contribution in [-0.2, 0) is 6.61 Å². The molecule has 3 heteroatoms. The molecule has 0 saturated carbocycles. The maximum atomic E-state index is 9.09. The summed E-state index contributed by atoms with van der Waals surface area (Å²) in [5, 5.41) is 9.09. The van der Waals surface area contributed by atoms with E-state index in [0.29, 0.717) is 0 Å². The minimum absolute atomic E-state index is 0.0733. The van der Waals surface area contributed by atoms with Gasteiger partial charge in [0, 0.05) is 23.8 Å². The van der Waals surface area contributed by atoms with Crippen LogP contribution >= 0.6 is 15.9 Å². The first-order chi connectivity index (χ1) is 7.33. The second kappa shape index (κ2) is 5.19. The van der Waals surface area contributed by atoms with Crippen molar-refractivity contribution in [2.75, 3.05) is 18.5 Å². The van der Waals surface area contributed by atoms with Gasteiger partial charge in [-0.25, -0.2) is 0 Å². The second-order valence-electron chi connectivity index (χ2n) is 5.35. The highest BCUT2D eigenvalue weighted by Gasteiger charge is 2.14. The Morgan fingerprint density at radius 3 is 2.38 bits per heavy atom. The van der Waals surface area contributed by atoms with Gasteiger partial charge in [-0.1, -0.05) is 42.8 Å². The Kier molecular flexibility index (Phi) is 4.39. The summed E-state index contributed by atoms with van der Waals surface area (Å²) in [6, 6.07) is 6.05. The first-order valence-electron chi connectivity index (χ1n) is 5.44. The van der Waals surface area contributed by atoms with Gasteiger partial charge < -0.3 is 10.0 Å². The van der Waals surface area contributed by atoms with E-state index in [1.807, 2.05) is 12.1 Å². The van der Waals surface area contributed by atoms with Gasteiger partial charge in [-0.3, -0.25) is 0 Å². The van der Waals surface area contributed by atoms with Crippen molar-refractivity contribution in [3.63, 3.8) is 0 Å². The van der Waals surface area contributed by atoms with E-state index in [2.05, 4.69) is 54.7 Å². The minimum Gasteiger partial charge on any atom is -0.392 e. The van der Waals surface area contributed by atoms with Crippen LogP contribution in [0.1, 0.15) is 26.3 Å². The normalized spacial score (nSPS) is 11.6. The number of rotatable bonds is 3. The van der Waals surface area contributed by atoms with Crippen molar-refractivity contribution < 1.29 is 5.11 Å². The molecule has 0 amide bonds. The van der Waals surface area contributed by atoms with Gasteiger partial charge in [0.25, 0.3) is 0 Å². The van der Waals surface area contributed by atoms with E-state index in [0.717, 1.165) is 16.6 Å². The maximum Gasteiger partial charge on any atom is 0.0692 e. The molecule has 0 heterocycles. The van der Waals surface area contributed by atoms with Crippen LogP contribution in [0.5, 0.6) is 0 Å². The summed E-state index contributed by atoms with van der Waals surface area (Å²) in [7, 11) is 2.09. The van der Waals surface area contributed by atoms with Crippen LogP contribution in [0.2, 0.25) is 0 Å². The van der Waals surface area contributed by atoms with Crippen LogP contribution in [0.4, 0.5) is 5.69 Å². The summed E-state index contributed by atoms with van der Waals surface area (Å²) < 4.78 is 0.966. The average molecular weight is 286 g/mol. The maximum absolute atomic E-state index is 9.09. The van der Waals surface area contributed by atoms with E-state index in [4.69, 9.17) is 5.11 Å². The van der Waals surface area contributed by atoms with Gasteiger partial charge in [-0.05, 0) is 23.1 Å². The number of anilines is 1. The summed E-state index contributed by atoms with van der Waals surface area (Å²) in [6.07, 6.45) is 0. The van der Waals surface area contributed by atoms with Crippen molar-refractivity contribution >= 4 is 21.6 Å². The van der Waals surface area contributed by atoms with Gasteiger partial charge in [0.15, 0.2) is 0 Å². The highest BCUT2D eigenvalue weighted by atomic mass is 79.9. The molecule has 0 radical (unpaired) electrons. The van der Waals surface area contributed by atoms with Crippen molar-refractivity contribution in [3.8, 4) is 0 Å². The Labute approximate surface area is 106 Å². The first kappa shape index (κ1) is 13.5. The van der Waals surface area contributed by atoms with Gasteiger partial charge in [0.2, 0.25) is 0 Å². The van der Waals surface area contributed by atoms with E-state index in [1.54, 1.807) is 0 Å². The number of nitrogens with zero attached hydrogens (tertiary/aromatic N) is 1. The third-order valence-corrected chi connectivity index (χ3v) is 3.10. The Morgan fingerprint density at radius 2 is 1.94 bits per heavy atom. The zero-order valence-electron chi connectivity index (χ0n) is 10.4. The zero-order valence-corrected chi connectivity index (χ0v) is 12.0. The Morgan fingerprint density at radius 1 is 1.31 bits per heavy atom. The number of hydrogen-bond acceptors (Lipinski definition) is 2. The van der Waals surface area contributed by atoms with E-state index >= 15 is 0 Å². The molecule has 0 aliphatic rings. The molecule has 0 unspecified atom stereocenters. The SMILES string of the molecule is CN(CC(C)(C)C)c1ccc(CO)c(Br)c1. The van der Waals surface area contributed by atoms with Gasteiger partial charge in [0.05, 0.1) is 6.61 Å². The molecular weight excluding hydrogens is 266 g/mol. The van der Waals surface area contributed by atoms with Gasteiger partial charge in [0.1, 0.15) is 0 Å². The van der Waals surface area contributed by atoms with Crippen molar-refractivity contribution in [1.82, 2.24) is 0 Å². The Hall–Kier alpha value is -0.540. The van der Waals surface area contributed by atoms with Gasteiger partial charge in [-0.15, -0.1) is 0 Å². The number of aliphatic hydroxyl groups excluding tert-OH is 1. The molecule has 0 atom stereocenters. The number of aliphatic hydroxyl groups is 1. The summed E-state index contributed by atoms with van der Waals surface area (Å²) in [4.78, 5) is 2.23. The zero-order chi connectivity index (χ0) is 12.3. The minimum atomic E-state index is 0.0733. The molecule has 0 saturated heterocycles. The molecule has 1 rings (SSSR count). The molecule has 0 aromatic heterocycles. The number of halogens is 1. The van der Waals surface area contributed by atoms with Gasteiger partial charge in [-0.2, -0.15) is 0 Å². The van der Waals surface area contributed by atoms with Crippen molar-refractivity contribution in [1.29, 1.82) is 0 Å². The Balaban J connectivity index is 2.85. The fourth-order valence-corrected chi connectivity index (χ4v) is 2.20. The van der Waals surface area contributed by atoms with E-state index in [-0.39, 0.29) is 12.0 Å². The molecule has 1 aromatic carbocycles. The van der Waals surface area contributed by atoms with E-state index in [9.17, 15) is 0 Å². The molecule has 0 bridgehead atoms. The van der Waals surface area contributed by atoms with Crippen molar-refractivity contribution in [3.05, 3.63) is 28.2 Å². The third-order valence-electron chi connectivity index (χ3n) is 2.36. The fourth-order valence-electron chi connectivity index (χ4n) is 1.70. The molecule has 0 aliphatic heterocycles. The van der Waals surface area contributed by atoms with Crippen LogP contribution in [0, 0.1) is 5.41 Å². The van der Waals surface area contributed by atoms with E-state index in [1.165, 1.54) is 5.69 Å². The molecule has 16 heavy (non-hydrogen) atoms. The first-order valence-corrected chi connectivity index (χ1v) is 6.23. The lowest BCUT2D eigenvalue weighted by molar-refractivity contribution is 0.281. The van der Waals surface area contributed by atoms with Gasteiger partial charge >= 0.3 is 0 Å². The molecule has 0 spiro atoms. The largest absolute Gasteiger partial charge is 0.392 e. The smallest absolute Gasteiger partial charge is 0.0692 e. The molecule has 90 valence electrons. The fraction of sp³-hybridized carbons (Fsp3) is 0.538. The third kappa shape index (κ3) is 3.80.